The van der Waals surface area contributed by atoms with Gasteiger partial charge in [-0.05, 0) is 18.2 Å². The minimum Gasteiger partial charge on any atom is -0.478 e. The van der Waals surface area contributed by atoms with Gasteiger partial charge < -0.3 is 5.11 Å². The lowest BCUT2D eigenvalue weighted by atomic mass is 10.1. The van der Waals surface area contributed by atoms with Gasteiger partial charge in [-0.2, -0.15) is 5.26 Å². The molecule has 0 bridgehead atoms. The Kier molecular flexibility index (Phi) is 2.77. The standard InChI is InChI=1S/C9H7NO4S/c1-15(13,14)8-3-2-6(5-10)4-7(8)9(11)12/h2-4H,1H3,(H,11,12). The number of benzene rings is 1. The molecule has 0 amide bonds. The molecular formula is C9H7NO4S. The second-order valence-electron chi connectivity index (χ2n) is 2.90. The van der Waals surface area contributed by atoms with Gasteiger partial charge in [0, 0.05) is 6.26 Å². The monoisotopic (exact) mass is 225 g/mol. The lowest BCUT2D eigenvalue weighted by Gasteiger charge is -2.03. The van der Waals surface area contributed by atoms with Crippen LogP contribution in [-0.2, 0) is 9.84 Å². The fourth-order valence-electron chi connectivity index (χ4n) is 1.09. The van der Waals surface area contributed by atoms with Crippen LogP contribution in [0.3, 0.4) is 0 Å². The Bertz CT molecular complexity index is 554. The third-order valence-electron chi connectivity index (χ3n) is 1.74. The van der Waals surface area contributed by atoms with Crippen molar-refractivity contribution >= 4 is 15.8 Å². The molecule has 0 unspecified atom stereocenters. The second kappa shape index (κ2) is 3.71. The van der Waals surface area contributed by atoms with Crippen LogP contribution < -0.4 is 0 Å². The number of sulfone groups is 1. The summed E-state index contributed by atoms with van der Waals surface area (Å²) in [7, 11) is -3.59. The highest BCUT2D eigenvalue weighted by molar-refractivity contribution is 7.90. The third-order valence-corrected chi connectivity index (χ3v) is 2.89. The van der Waals surface area contributed by atoms with E-state index in [4.69, 9.17) is 10.4 Å². The van der Waals surface area contributed by atoms with Gasteiger partial charge in [-0.1, -0.05) is 0 Å². The molecule has 1 aromatic rings. The molecule has 0 saturated carbocycles. The number of aromatic carboxylic acids is 1. The van der Waals surface area contributed by atoms with E-state index in [0.29, 0.717) is 0 Å². The molecule has 78 valence electrons. The molecule has 0 saturated heterocycles. The van der Waals surface area contributed by atoms with Gasteiger partial charge in [0.25, 0.3) is 0 Å². The van der Waals surface area contributed by atoms with E-state index in [0.717, 1.165) is 18.4 Å². The van der Waals surface area contributed by atoms with Crippen molar-refractivity contribution in [1.29, 1.82) is 5.26 Å². The first-order valence-electron chi connectivity index (χ1n) is 3.84. The predicted octanol–water partition coefficient (Wildman–Crippen LogP) is 0.660. The van der Waals surface area contributed by atoms with Crippen LogP contribution in [0.5, 0.6) is 0 Å². The Labute approximate surface area is 86.5 Å². The first kappa shape index (κ1) is 11.2. The lowest BCUT2D eigenvalue weighted by molar-refractivity contribution is 0.0692. The summed E-state index contributed by atoms with van der Waals surface area (Å²) >= 11 is 0. The smallest absolute Gasteiger partial charge is 0.337 e. The summed E-state index contributed by atoms with van der Waals surface area (Å²) in [6, 6.07) is 5.17. The Hall–Kier alpha value is -1.87. The zero-order valence-corrected chi connectivity index (χ0v) is 8.58. The normalized spacial score (nSPS) is 10.7. The molecule has 0 atom stereocenters. The highest BCUT2D eigenvalue weighted by Crippen LogP contribution is 2.17. The molecular weight excluding hydrogens is 218 g/mol. The molecule has 0 radical (unpaired) electrons. The lowest BCUT2D eigenvalue weighted by Crippen LogP contribution is -2.07. The SMILES string of the molecule is CS(=O)(=O)c1ccc(C#N)cc1C(=O)O. The maximum atomic E-state index is 11.2. The minimum absolute atomic E-state index is 0.111. The van der Waals surface area contributed by atoms with Gasteiger partial charge in [0.05, 0.1) is 22.1 Å². The summed E-state index contributed by atoms with van der Waals surface area (Å²) in [6.07, 6.45) is 0.917. The number of nitrogens with zero attached hydrogens (tertiary/aromatic N) is 1. The zero-order chi connectivity index (χ0) is 11.6. The van der Waals surface area contributed by atoms with Gasteiger partial charge in [0.15, 0.2) is 9.84 Å². The van der Waals surface area contributed by atoms with Crippen molar-refractivity contribution in [3.63, 3.8) is 0 Å². The van der Waals surface area contributed by atoms with Crippen LogP contribution in [0, 0.1) is 11.3 Å². The van der Waals surface area contributed by atoms with Crippen LogP contribution in [0.15, 0.2) is 23.1 Å². The highest BCUT2D eigenvalue weighted by Gasteiger charge is 2.18. The molecule has 15 heavy (non-hydrogen) atoms. The number of nitriles is 1. The maximum Gasteiger partial charge on any atom is 0.337 e. The number of carboxylic acids is 1. The van der Waals surface area contributed by atoms with Crippen molar-refractivity contribution in [2.45, 2.75) is 4.90 Å². The predicted molar refractivity (Wildman–Crippen MR) is 51.2 cm³/mol. The fourth-order valence-corrected chi connectivity index (χ4v) is 1.95. The summed E-state index contributed by atoms with van der Waals surface area (Å²) in [4.78, 5) is 10.5. The Morgan fingerprint density at radius 1 is 1.47 bits per heavy atom. The number of carbonyl (C=O) groups is 1. The molecule has 0 aromatic heterocycles. The van der Waals surface area contributed by atoms with Crippen LogP contribution in [0.2, 0.25) is 0 Å². The summed E-state index contributed by atoms with van der Waals surface area (Å²) in [5, 5.41) is 17.3. The molecule has 1 aromatic carbocycles. The van der Waals surface area contributed by atoms with Crippen molar-refractivity contribution in [2.24, 2.45) is 0 Å². The molecule has 5 nitrogen and oxygen atoms in total. The van der Waals surface area contributed by atoms with Gasteiger partial charge in [-0.25, -0.2) is 13.2 Å². The van der Waals surface area contributed by atoms with Gasteiger partial charge in [-0.3, -0.25) is 0 Å². The molecule has 0 aliphatic carbocycles. The Morgan fingerprint density at radius 2 is 2.07 bits per heavy atom. The third kappa shape index (κ3) is 2.33. The average molecular weight is 225 g/mol. The molecule has 0 aliphatic rings. The number of hydrogen-bond acceptors (Lipinski definition) is 4. The minimum atomic E-state index is -3.59. The van der Waals surface area contributed by atoms with Crippen LogP contribution >= 0.6 is 0 Å². The molecule has 0 fully saturated rings. The van der Waals surface area contributed by atoms with Gasteiger partial charge in [0.2, 0.25) is 0 Å². The maximum absolute atomic E-state index is 11.2. The van der Waals surface area contributed by atoms with E-state index in [1.54, 1.807) is 6.07 Å². The quantitative estimate of drug-likeness (QED) is 0.797. The Morgan fingerprint density at radius 3 is 2.47 bits per heavy atom. The number of carboxylic acid groups (broad SMARTS) is 1. The summed E-state index contributed by atoms with van der Waals surface area (Å²) in [5.41, 5.74) is -0.267. The number of rotatable bonds is 2. The summed E-state index contributed by atoms with van der Waals surface area (Å²) in [5.74, 6) is -1.37. The number of hydrogen-bond donors (Lipinski definition) is 1. The van der Waals surface area contributed by atoms with Gasteiger partial charge >= 0.3 is 5.97 Å². The van der Waals surface area contributed by atoms with Crippen molar-refractivity contribution in [1.82, 2.24) is 0 Å². The topological polar surface area (TPSA) is 95.2 Å². The van der Waals surface area contributed by atoms with E-state index >= 15 is 0 Å². The largest absolute Gasteiger partial charge is 0.478 e. The van der Waals surface area contributed by atoms with E-state index in [2.05, 4.69) is 0 Å². The highest BCUT2D eigenvalue weighted by atomic mass is 32.2. The average Bonchev–Trinajstić information content (AvgIpc) is 2.15. The van der Waals surface area contributed by atoms with Crippen LogP contribution in [0.4, 0.5) is 0 Å². The van der Waals surface area contributed by atoms with E-state index in [1.807, 2.05) is 0 Å². The second-order valence-corrected chi connectivity index (χ2v) is 4.88. The van der Waals surface area contributed by atoms with E-state index < -0.39 is 15.8 Å². The zero-order valence-electron chi connectivity index (χ0n) is 7.76. The van der Waals surface area contributed by atoms with Gasteiger partial charge in [-0.15, -0.1) is 0 Å². The van der Waals surface area contributed by atoms with Crippen molar-refractivity contribution in [2.75, 3.05) is 6.26 Å². The van der Waals surface area contributed by atoms with Crippen molar-refractivity contribution < 1.29 is 18.3 Å². The summed E-state index contributed by atoms with van der Waals surface area (Å²) in [6.45, 7) is 0. The molecule has 1 N–H and O–H groups in total. The van der Waals surface area contributed by atoms with E-state index in [-0.39, 0.29) is 16.0 Å². The van der Waals surface area contributed by atoms with Crippen LogP contribution in [0.25, 0.3) is 0 Å². The molecule has 0 aliphatic heterocycles. The van der Waals surface area contributed by atoms with E-state index in [9.17, 15) is 13.2 Å². The van der Waals surface area contributed by atoms with Crippen LogP contribution in [0.1, 0.15) is 15.9 Å². The summed E-state index contributed by atoms with van der Waals surface area (Å²) < 4.78 is 22.4. The first-order chi connectivity index (χ1) is 6.86. The molecule has 6 heteroatoms. The molecule has 0 spiro atoms. The molecule has 0 heterocycles. The van der Waals surface area contributed by atoms with Crippen LogP contribution in [-0.4, -0.2) is 25.7 Å². The Balaban J connectivity index is 3.57. The van der Waals surface area contributed by atoms with E-state index in [1.165, 1.54) is 6.07 Å². The fraction of sp³-hybridized carbons (Fsp3) is 0.111. The van der Waals surface area contributed by atoms with Crippen molar-refractivity contribution in [3.8, 4) is 6.07 Å². The molecule has 1 rings (SSSR count). The van der Waals surface area contributed by atoms with Gasteiger partial charge in [0.1, 0.15) is 0 Å². The first-order valence-corrected chi connectivity index (χ1v) is 5.73. The van der Waals surface area contributed by atoms with Crippen molar-refractivity contribution in [3.05, 3.63) is 29.3 Å².